The summed E-state index contributed by atoms with van der Waals surface area (Å²) < 4.78 is 1.98. The Hall–Kier alpha value is -2.68. The van der Waals surface area contributed by atoms with E-state index in [9.17, 15) is 9.59 Å². The lowest BCUT2D eigenvalue weighted by molar-refractivity contribution is -0.122. The Morgan fingerprint density at radius 3 is 2.71 bits per heavy atom. The summed E-state index contributed by atoms with van der Waals surface area (Å²) in [6, 6.07) is 11.4. The van der Waals surface area contributed by atoms with Crippen molar-refractivity contribution in [2.45, 2.75) is 51.6 Å². The van der Waals surface area contributed by atoms with E-state index in [1.54, 1.807) is 18.3 Å². The molecule has 1 N–H and O–H groups in total. The molecule has 0 unspecified atom stereocenters. The maximum atomic E-state index is 13.6. The van der Waals surface area contributed by atoms with Gasteiger partial charge >= 0.3 is 0 Å². The number of nitrogens with zero attached hydrogens (tertiary/aromatic N) is 3. The zero-order valence-electron chi connectivity index (χ0n) is 19.3. The number of pyridine rings is 1. The van der Waals surface area contributed by atoms with E-state index in [-0.39, 0.29) is 24.1 Å². The fraction of sp³-hybridized carbons (Fsp3) is 0.308. The van der Waals surface area contributed by atoms with Gasteiger partial charge in [-0.2, -0.15) is 0 Å². The third kappa shape index (κ3) is 5.01. The minimum atomic E-state index is -0.239. The number of thiocarbonyl (C=S) groups is 1. The molecule has 0 bridgehead atoms. The average molecular weight is 525 g/mol. The smallest absolute Gasteiger partial charge is 0.267 e. The summed E-state index contributed by atoms with van der Waals surface area (Å²) in [6.07, 6.45) is 9.02. The summed E-state index contributed by atoms with van der Waals surface area (Å²) in [6.45, 7) is 2.21. The number of anilines is 1. The highest BCUT2D eigenvalue weighted by atomic mass is 35.5. The number of carbonyl (C=O) groups is 1. The lowest BCUT2D eigenvalue weighted by atomic mass is 9.95. The van der Waals surface area contributed by atoms with Crippen LogP contribution in [0.25, 0.3) is 11.7 Å². The van der Waals surface area contributed by atoms with Crippen molar-refractivity contribution in [2.24, 2.45) is 0 Å². The Bertz CT molecular complexity index is 1410. The predicted octanol–water partition coefficient (Wildman–Crippen LogP) is 5.80. The van der Waals surface area contributed by atoms with Gasteiger partial charge in [-0.3, -0.25) is 18.9 Å². The second kappa shape index (κ2) is 10.1. The van der Waals surface area contributed by atoms with Crippen LogP contribution in [-0.4, -0.2) is 30.6 Å². The first kappa shape index (κ1) is 24.0. The molecule has 1 amide bonds. The van der Waals surface area contributed by atoms with E-state index < -0.39 is 0 Å². The van der Waals surface area contributed by atoms with Crippen LogP contribution in [0.5, 0.6) is 0 Å². The quantitative estimate of drug-likeness (QED) is 0.336. The third-order valence-corrected chi connectivity index (χ3v) is 8.13. The molecule has 1 aliphatic carbocycles. The topological polar surface area (TPSA) is 66.7 Å². The Kier molecular flexibility index (Phi) is 6.95. The summed E-state index contributed by atoms with van der Waals surface area (Å²) >= 11 is 13.0. The number of hydrogen-bond acceptors (Lipinski definition) is 6. The number of nitrogens with one attached hydrogen (secondary N) is 1. The van der Waals surface area contributed by atoms with Gasteiger partial charge in [0.05, 0.1) is 17.0 Å². The van der Waals surface area contributed by atoms with Crippen molar-refractivity contribution in [2.75, 3.05) is 5.32 Å². The van der Waals surface area contributed by atoms with Crippen LogP contribution in [0.4, 0.5) is 5.82 Å². The average Bonchev–Trinajstić information content (AvgIpc) is 3.11. The number of carbonyl (C=O) groups excluding carboxylic acids is 1. The van der Waals surface area contributed by atoms with Crippen LogP contribution in [-0.2, 0) is 11.3 Å². The van der Waals surface area contributed by atoms with Gasteiger partial charge in [0.1, 0.15) is 15.8 Å². The molecular weight excluding hydrogens is 500 g/mol. The van der Waals surface area contributed by atoms with Gasteiger partial charge in [0.2, 0.25) is 0 Å². The molecule has 2 aliphatic rings. The first-order valence-corrected chi connectivity index (χ1v) is 13.3. The number of halogens is 1. The van der Waals surface area contributed by atoms with Crippen molar-refractivity contribution < 1.29 is 4.79 Å². The SMILES string of the molecule is Cc1ccc2nc(NC3CCCCC3)c(C=C3SC(=S)N(Cc4ccccc4Cl)C3=O)c(=O)n2c1. The number of benzene rings is 1. The summed E-state index contributed by atoms with van der Waals surface area (Å²) in [7, 11) is 0. The number of thioether (sulfide) groups is 1. The highest BCUT2D eigenvalue weighted by molar-refractivity contribution is 8.26. The van der Waals surface area contributed by atoms with Crippen LogP contribution in [0.1, 0.15) is 48.8 Å². The number of hydrogen-bond donors (Lipinski definition) is 1. The van der Waals surface area contributed by atoms with Gasteiger partial charge in [-0.25, -0.2) is 4.98 Å². The first-order chi connectivity index (χ1) is 16.9. The number of rotatable bonds is 5. The molecule has 3 heterocycles. The van der Waals surface area contributed by atoms with Crippen molar-refractivity contribution in [1.82, 2.24) is 14.3 Å². The maximum absolute atomic E-state index is 13.6. The third-order valence-electron chi connectivity index (χ3n) is 6.39. The van der Waals surface area contributed by atoms with E-state index >= 15 is 0 Å². The molecule has 9 heteroatoms. The molecule has 2 fully saturated rings. The van der Waals surface area contributed by atoms with E-state index in [1.165, 1.54) is 27.5 Å². The molecule has 3 aromatic rings. The van der Waals surface area contributed by atoms with Crippen LogP contribution >= 0.6 is 35.6 Å². The molecule has 6 nitrogen and oxygen atoms in total. The lowest BCUT2D eigenvalue weighted by Gasteiger charge is -2.24. The first-order valence-electron chi connectivity index (χ1n) is 11.7. The Balaban J connectivity index is 1.54. The van der Waals surface area contributed by atoms with Gasteiger partial charge in [0.25, 0.3) is 11.5 Å². The molecular formula is C26H25ClN4O2S2. The van der Waals surface area contributed by atoms with Crippen molar-refractivity contribution in [1.29, 1.82) is 0 Å². The summed E-state index contributed by atoms with van der Waals surface area (Å²) in [4.78, 5) is 33.6. The van der Waals surface area contributed by atoms with Crippen LogP contribution in [0.3, 0.4) is 0 Å². The monoisotopic (exact) mass is 524 g/mol. The van der Waals surface area contributed by atoms with Gasteiger partial charge in [0.15, 0.2) is 0 Å². The van der Waals surface area contributed by atoms with Crippen LogP contribution < -0.4 is 10.9 Å². The normalized spacial score (nSPS) is 18.1. The zero-order valence-corrected chi connectivity index (χ0v) is 21.7. The molecule has 1 aromatic carbocycles. The van der Waals surface area contributed by atoms with Crippen molar-refractivity contribution in [3.63, 3.8) is 0 Å². The molecule has 1 saturated carbocycles. The predicted molar refractivity (Wildman–Crippen MR) is 147 cm³/mol. The summed E-state index contributed by atoms with van der Waals surface area (Å²) in [5, 5.41) is 4.08. The van der Waals surface area contributed by atoms with Crippen molar-refractivity contribution >= 4 is 63.3 Å². The molecule has 1 aliphatic heterocycles. The molecule has 5 rings (SSSR count). The molecule has 1 saturated heterocycles. The highest BCUT2D eigenvalue weighted by Gasteiger charge is 2.33. The van der Waals surface area contributed by atoms with Crippen molar-refractivity contribution in [3.05, 3.63) is 79.6 Å². The number of fused-ring (bicyclic) bond motifs is 1. The van der Waals surface area contributed by atoms with Crippen LogP contribution in [0, 0.1) is 6.92 Å². The number of amides is 1. The van der Waals surface area contributed by atoms with E-state index in [2.05, 4.69) is 5.32 Å². The summed E-state index contributed by atoms with van der Waals surface area (Å²) in [5.74, 6) is 0.277. The van der Waals surface area contributed by atoms with Gasteiger partial charge in [0, 0.05) is 17.3 Å². The fourth-order valence-electron chi connectivity index (χ4n) is 4.50. The molecule has 2 aromatic heterocycles. The second-order valence-corrected chi connectivity index (χ2v) is 11.0. The maximum Gasteiger partial charge on any atom is 0.267 e. The number of aryl methyl sites for hydroxylation is 1. The Labute approximate surface area is 218 Å². The van der Waals surface area contributed by atoms with Crippen molar-refractivity contribution in [3.8, 4) is 0 Å². The minimum Gasteiger partial charge on any atom is -0.367 e. The summed E-state index contributed by atoms with van der Waals surface area (Å²) in [5.41, 5.74) is 2.49. The van der Waals surface area contributed by atoms with Crippen LogP contribution in [0.15, 0.2) is 52.3 Å². The Morgan fingerprint density at radius 2 is 1.94 bits per heavy atom. The van der Waals surface area contributed by atoms with E-state index in [4.69, 9.17) is 28.8 Å². The second-order valence-electron chi connectivity index (χ2n) is 8.95. The molecule has 180 valence electrons. The van der Waals surface area contributed by atoms with Crippen LogP contribution in [0.2, 0.25) is 5.02 Å². The zero-order chi connectivity index (χ0) is 24.5. The molecule has 0 atom stereocenters. The van der Waals surface area contributed by atoms with E-state index in [0.717, 1.165) is 36.8 Å². The minimum absolute atomic E-state index is 0.214. The van der Waals surface area contributed by atoms with Gasteiger partial charge in [-0.1, -0.05) is 79.1 Å². The van der Waals surface area contributed by atoms with E-state index in [0.29, 0.717) is 31.3 Å². The van der Waals surface area contributed by atoms with Gasteiger partial charge < -0.3 is 5.32 Å². The largest absolute Gasteiger partial charge is 0.367 e. The molecule has 0 radical (unpaired) electrons. The lowest BCUT2D eigenvalue weighted by Crippen LogP contribution is -2.28. The molecule has 0 spiro atoms. The number of aromatic nitrogens is 2. The van der Waals surface area contributed by atoms with Gasteiger partial charge in [-0.05, 0) is 49.1 Å². The highest BCUT2D eigenvalue weighted by Crippen LogP contribution is 2.35. The Morgan fingerprint density at radius 1 is 1.17 bits per heavy atom. The molecule has 35 heavy (non-hydrogen) atoms. The van der Waals surface area contributed by atoms with E-state index in [1.807, 2.05) is 37.3 Å². The fourth-order valence-corrected chi connectivity index (χ4v) is 5.94. The van der Waals surface area contributed by atoms with Gasteiger partial charge in [-0.15, -0.1) is 0 Å². The standard InChI is InChI=1S/C26H25ClN4O2S2/c1-16-11-12-22-29-23(28-18-8-3-2-4-9-18)19(24(32)30(22)14-16)13-21-25(33)31(26(34)35-21)15-17-7-5-6-10-20(17)27/h5-7,10-14,18,28H,2-4,8-9,15H2,1H3.